The van der Waals surface area contributed by atoms with Crippen molar-refractivity contribution in [2.24, 2.45) is 0 Å². The Balaban J connectivity index is 4.69. The number of hydrogen-bond acceptors (Lipinski definition) is 6. The van der Waals surface area contributed by atoms with Crippen LogP contribution in [0, 0.1) is 0 Å². The lowest BCUT2D eigenvalue weighted by Gasteiger charge is -2.13. The van der Waals surface area contributed by atoms with Crippen molar-refractivity contribution < 1.29 is 29.3 Å². The number of carbonyl (C=O) groups is 3. The average Bonchev–Trinajstić information content (AvgIpc) is 2.22. The summed E-state index contributed by atoms with van der Waals surface area (Å²) in [7, 11) is 0. The first-order valence-electron chi connectivity index (χ1n) is 5.13. The first-order chi connectivity index (χ1) is 7.88. The third-order valence-electron chi connectivity index (χ3n) is 2.09. The zero-order valence-corrected chi connectivity index (χ0v) is 9.78. The topological polar surface area (TPSA) is 107 Å². The van der Waals surface area contributed by atoms with Gasteiger partial charge in [-0.3, -0.25) is 4.79 Å². The number of carboxylic acids is 2. The van der Waals surface area contributed by atoms with E-state index < -0.39 is 24.3 Å². The molecule has 0 bridgehead atoms. The predicted molar refractivity (Wildman–Crippen MR) is 53.2 cm³/mol. The number of allylic oxidation sites excluding steroid dienone is 1. The Labute approximate surface area is 98.9 Å². The Morgan fingerprint density at radius 3 is 2.12 bits per heavy atom. The summed E-state index contributed by atoms with van der Waals surface area (Å²) in [6.45, 7) is 3.19. The molecule has 17 heavy (non-hydrogen) atoms. The number of hydrogen-bond donors (Lipinski definition) is 0. The number of esters is 1. The summed E-state index contributed by atoms with van der Waals surface area (Å²) in [6, 6.07) is 0. The fourth-order valence-electron chi connectivity index (χ4n) is 1.19. The maximum atomic E-state index is 11.1. The van der Waals surface area contributed by atoms with Gasteiger partial charge in [-0.25, -0.2) is 0 Å². The van der Waals surface area contributed by atoms with Crippen molar-refractivity contribution in [2.75, 3.05) is 6.61 Å². The molecule has 0 saturated carbocycles. The lowest BCUT2D eigenvalue weighted by atomic mass is 10.0. The van der Waals surface area contributed by atoms with Crippen molar-refractivity contribution in [1.82, 2.24) is 0 Å². The molecular weight excluding hydrogens is 228 g/mol. The van der Waals surface area contributed by atoms with Gasteiger partial charge < -0.3 is 24.5 Å². The first-order valence-corrected chi connectivity index (χ1v) is 5.13. The van der Waals surface area contributed by atoms with Gasteiger partial charge in [0, 0.05) is 5.97 Å². The lowest BCUT2D eigenvalue weighted by molar-refractivity contribution is -0.306. The van der Waals surface area contributed by atoms with Crippen molar-refractivity contribution in [1.29, 1.82) is 0 Å². The van der Waals surface area contributed by atoms with Gasteiger partial charge >= 0.3 is 5.97 Å². The summed E-state index contributed by atoms with van der Waals surface area (Å²) in [5, 5.41) is 21.0. The van der Waals surface area contributed by atoms with E-state index in [1.165, 1.54) is 6.92 Å². The molecule has 0 aliphatic heterocycles. The molecule has 6 heteroatoms. The van der Waals surface area contributed by atoms with E-state index in [0.717, 1.165) is 0 Å². The minimum absolute atomic E-state index is 0.00501. The maximum absolute atomic E-state index is 11.1. The van der Waals surface area contributed by atoms with E-state index in [9.17, 15) is 24.6 Å². The molecule has 0 rings (SSSR count). The second-order valence-electron chi connectivity index (χ2n) is 3.40. The quantitative estimate of drug-likeness (QED) is 0.398. The van der Waals surface area contributed by atoms with Crippen LogP contribution < -0.4 is 10.2 Å². The molecule has 0 saturated heterocycles. The summed E-state index contributed by atoms with van der Waals surface area (Å²) in [6.07, 6.45) is -0.717. The number of carboxylic acid groups (broad SMARTS) is 2. The molecule has 0 radical (unpaired) electrons. The van der Waals surface area contributed by atoms with Crippen LogP contribution in [0.5, 0.6) is 0 Å². The third kappa shape index (κ3) is 6.34. The van der Waals surface area contributed by atoms with Gasteiger partial charge in [0.1, 0.15) is 0 Å². The highest BCUT2D eigenvalue weighted by Gasteiger charge is 2.11. The molecule has 0 spiro atoms. The van der Waals surface area contributed by atoms with E-state index in [1.54, 1.807) is 6.92 Å². The number of aliphatic carboxylic acids is 2. The molecule has 0 unspecified atom stereocenters. The van der Waals surface area contributed by atoms with E-state index in [-0.39, 0.29) is 30.6 Å². The molecule has 0 aromatic carbocycles. The molecule has 0 aromatic rings. The van der Waals surface area contributed by atoms with E-state index in [1.807, 2.05) is 0 Å². The normalized spacial score (nSPS) is 11.6. The number of carbonyl (C=O) groups excluding carboxylic acids is 3. The van der Waals surface area contributed by atoms with Crippen LogP contribution >= 0.6 is 0 Å². The molecule has 0 N–H and O–H groups in total. The van der Waals surface area contributed by atoms with Crippen molar-refractivity contribution in [2.45, 2.75) is 33.1 Å². The lowest BCUT2D eigenvalue weighted by Crippen LogP contribution is -2.28. The molecule has 0 fully saturated rings. The van der Waals surface area contributed by atoms with Crippen LogP contribution in [0.2, 0.25) is 0 Å². The Bertz CT molecular complexity index is 342. The van der Waals surface area contributed by atoms with Crippen molar-refractivity contribution in [3.8, 4) is 0 Å². The molecule has 0 aromatic heterocycles. The summed E-state index contributed by atoms with van der Waals surface area (Å²) in [4.78, 5) is 32.1. The summed E-state index contributed by atoms with van der Waals surface area (Å²) in [5.74, 6) is -3.45. The van der Waals surface area contributed by atoms with Gasteiger partial charge in [-0.05, 0) is 32.3 Å². The second-order valence-corrected chi connectivity index (χ2v) is 3.40. The van der Waals surface area contributed by atoms with Gasteiger partial charge in [0.2, 0.25) is 0 Å². The first kappa shape index (κ1) is 15.2. The monoisotopic (exact) mass is 242 g/mol. The molecule has 0 atom stereocenters. The molecule has 0 aliphatic rings. The van der Waals surface area contributed by atoms with Gasteiger partial charge in [0.25, 0.3) is 0 Å². The SMILES string of the molecule is CCOC(=O)CC(C(=O)[O-])=C(C)CCC(=O)[O-]. The van der Waals surface area contributed by atoms with E-state index >= 15 is 0 Å². The molecular formula is C11H14O6-2. The van der Waals surface area contributed by atoms with Crippen LogP contribution in [0.25, 0.3) is 0 Å². The van der Waals surface area contributed by atoms with E-state index in [0.29, 0.717) is 0 Å². The number of ether oxygens (including phenoxy) is 1. The number of rotatable bonds is 7. The molecule has 0 heterocycles. The van der Waals surface area contributed by atoms with Crippen molar-refractivity contribution >= 4 is 17.9 Å². The highest BCUT2D eigenvalue weighted by molar-refractivity contribution is 5.92. The smallest absolute Gasteiger partial charge is 0.310 e. The van der Waals surface area contributed by atoms with Crippen LogP contribution in [0.15, 0.2) is 11.1 Å². The second kappa shape index (κ2) is 7.43. The van der Waals surface area contributed by atoms with Crippen LogP contribution in [0.3, 0.4) is 0 Å². The van der Waals surface area contributed by atoms with E-state index in [2.05, 4.69) is 4.74 Å². The van der Waals surface area contributed by atoms with Crippen molar-refractivity contribution in [3.63, 3.8) is 0 Å². The van der Waals surface area contributed by atoms with Gasteiger partial charge in [0.15, 0.2) is 0 Å². The minimum atomic E-state index is -1.49. The van der Waals surface area contributed by atoms with E-state index in [4.69, 9.17) is 0 Å². The Kier molecular flexibility index (Phi) is 6.62. The van der Waals surface area contributed by atoms with Crippen LogP contribution in [-0.2, 0) is 19.1 Å². The average molecular weight is 242 g/mol. The fourth-order valence-corrected chi connectivity index (χ4v) is 1.19. The molecule has 6 nitrogen and oxygen atoms in total. The highest BCUT2D eigenvalue weighted by atomic mass is 16.5. The zero-order valence-electron chi connectivity index (χ0n) is 9.78. The Morgan fingerprint density at radius 1 is 1.12 bits per heavy atom. The zero-order chi connectivity index (χ0) is 13.4. The summed E-state index contributed by atoms with van der Waals surface area (Å²) >= 11 is 0. The Morgan fingerprint density at radius 2 is 1.71 bits per heavy atom. The Hall–Kier alpha value is -1.85. The summed E-state index contributed by atoms with van der Waals surface area (Å²) in [5.41, 5.74) is 0.0481. The molecule has 0 aliphatic carbocycles. The fraction of sp³-hybridized carbons (Fsp3) is 0.545. The van der Waals surface area contributed by atoms with Crippen molar-refractivity contribution in [3.05, 3.63) is 11.1 Å². The van der Waals surface area contributed by atoms with Gasteiger partial charge in [0.05, 0.1) is 19.0 Å². The minimum Gasteiger partial charge on any atom is -0.550 e. The van der Waals surface area contributed by atoms with Gasteiger partial charge in [-0.15, -0.1) is 0 Å². The third-order valence-corrected chi connectivity index (χ3v) is 2.09. The predicted octanol–water partition coefficient (Wildman–Crippen LogP) is -1.46. The van der Waals surface area contributed by atoms with Gasteiger partial charge in [-0.2, -0.15) is 0 Å². The largest absolute Gasteiger partial charge is 0.550 e. The van der Waals surface area contributed by atoms with Crippen LogP contribution in [0.1, 0.15) is 33.1 Å². The standard InChI is InChI=1S/C11H16O6/c1-3-17-10(14)6-8(11(15)16)7(2)4-5-9(12)13/h3-6H2,1-2H3,(H,12,13)(H,15,16)/p-2. The molecule has 96 valence electrons. The van der Waals surface area contributed by atoms with Gasteiger partial charge in [-0.1, -0.05) is 5.57 Å². The maximum Gasteiger partial charge on any atom is 0.310 e. The molecule has 0 amide bonds. The van der Waals surface area contributed by atoms with Crippen LogP contribution in [-0.4, -0.2) is 24.5 Å². The van der Waals surface area contributed by atoms with Crippen LogP contribution in [0.4, 0.5) is 0 Å². The summed E-state index contributed by atoms with van der Waals surface area (Å²) < 4.78 is 4.61. The highest BCUT2D eigenvalue weighted by Crippen LogP contribution is 2.14.